The monoisotopic (exact) mass is 428 g/mol. The Morgan fingerprint density at radius 1 is 1.06 bits per heavy atom. The summed E-state index contributed by atoms with van der Waals surface area (Å²) in [6.07, 6.45) is 3.47. The second-order valence-electron chi connectivity index (χ2n) is 7.04. The highest BCUT2D eigenvalue weighted by Crippen LogP contribution is 2.29. The van der Waals surface area contributed by atoms with Crippen LogP contribution in [0.3, 0.4) is 0 Å². The molecular formula is C23H17FN6O2. The second kappa shape index (κ2) is 7.95. The molecule has 158 valence electrons. The molecular weight excluding hydrogens is 411 g/mol. The Kier molecular flexibility index (Phi) is 4.83. The van der Waals surface area contributed by atoms with Gasteiger partial charge in [0.15, 0.2) is 5.69 Å². The number of amides is 1. The number of rotatable bonds is 5. The Morgan fingerprint density at radius 3 is 2.62 bits per heavy atom. The minimum atomic E-state index is -0.396. The Bertz CT molecular complexity index is 1410. The summed E-state index contributed by atoms with van der Waals surface area (Å²) in [5.74, 6) is 0.558. The number of carbonyl (C=O) groups excluding carboxylic acids is 1. The fraction of sp³-hybridized carbons (Fsp3) is 0.0435. The van der Waals surface area contributed by atoms with Gasteiger partial charge in [0.05, 0.1) is 16.8 Å². The molecule has 2 aromatic carbocycles. The molecule has 5 aromatic rings. The Hall–Kier alpha value is -4.53. The number of aromatic nitrogens is 5. The summed E-state index contributed by atoms with van der Waals surface area (Å²) in [7, 11) is 0. The van der Waals surface area contributed by atoms with Gasteiger partial charge < -0.3 is 15.0 Å². The van der Waals surface area contributed by atoms with E-state index in [0.717, 1.165) is 11.0 Å². The molecule has 9 heteroatoms. The van der Waals surface area contributed by atoms with Gasteiger partial charge in [-0.2, -0.15) is 0 Å². The zero-order chi connectivity index (χ0) is 22.1. The number of pyridine rings is 1. The predicted octanol–water partition coefficient (Wildman–Crippen LogP) is 4.64. The first-order valence-electron chi connectivity index (χ1n) is 9.78. The van der Waals surface area contributed by atoms with E-state index in [4.69, 9.17) is 4.74 Å². The van der Waals surface area contributed by atoms with Crippen molar-refractivity contribution in [1.82, 2.24) is 25.0 Å². The molecule has 32 heavy (non-hydrogen) atoms. The summed E-state index contributed by atoms with van der Waals surface area (Å²) in [5, 5.41) is 11.7. The Balaban J connectivity index is 1.30. The van der Waals surface area contributed by atoms with E-state index in [1.165, 1.54) is 16.8 Å². The minimum Gasteiger partial charge on any atom is -0.457 e. The lowest BCUT2D eigenvalue weighted by Gasteiger charge is -2.08. The van der Waals surface area contributed by atoms with Gasteiger partial charge >= 0.3 is 0 Å². The maximum Gasteiger partial charge on any atom is 0.278 e. The first-order chi connectivity index (χ1) is 15.6. The number of aromatic amines is 1. The smallest absolute Gasteiger partial charge is 0.278 e. The van der Waals surface area contributed by atoms with Crippen molar-refractivity contribution in [2.75, 3.05) is 5.32 Å². The molecule has 0 bridgehead atoms. The third-order valence-corrected chi connectivity index (χ3v) is 4.94. The lowest BCUT2D eigenvalue weighted by atomic mass is 10.2. The molecule has 0 spiro atoms. The highest BCUT2D eigenvalue weighted by Gasteiger charge is 2.17. The van der Waals surface area contributed by atoms with Crippen LogP contribution < -0.4 is 10.1 Å². The zero-order valence-electron chi connectivity index (χ0n) is 16.9. The average Bonchev–Trinajstić information content (AvgIpc) is 3.43. The molecule has 1 amide bonds. The van der Waals surface area contributed by atoms with Gasteiger partial charge in [0.2, 0.25) is 0 Å². The highest BCUT2D eigenvalue weighted by molar-refractivity contribution is 6.03. The van der Waals surface area contributed by atoms with Crippen molar-refractivity contribution in [1.29, 1.82) is 0 Å². The molecule has 0 aliphatic heterocycles. The highest BCUT2D eigenvalue weighted by atomic mass is 19.1. The van der Waals surface area contributed by atoms with Crippen molar-refractivity contribution in [3.05, 3.63) is 90.3 Å². The molecule has 0 fully saturated rings. The lowest BCUT2D eigenvalue weighted by Crippen LogP contribution is -2.14. The molecule has 0 unspecified atom stereocenters. The molecule has 0 aliphatic rings. The molecule has 3 heterocycles. The van der Waals surface area contributed by atoms with Gasteiger partial charge in [0, 0.05) is 18.1 Å². The molecule has 0 atom stereocenters. The standard InChI is InChI=1S/C23H17FN6O2/c1-14-21(28-29-30(14)17-6-2-15(24)3-7-17)23(31)27-16-4-8-18(9-5-16)32-20-11-13-26-22-19(20)10-12-25-22/h2-13H,1H3,(H,25,26)(H,27,31). The summed E-state index contributed by atoms with van der Waals surface area (Å²) >= 11 is 0. The van der Waals surface area contributed by atoms with Crippen LogP contribution in [0.25, 0.3) is 16.7 Å². The van der Waals surface area contributed by atoms with Crippen molar-refractivity contribution in [2.45, 2.75) is 6.92 Å². The molecule has 3 aromatic heterocycles. The first-order valence-corrected chi connectivity index (χ1v) is 9.78. The van der Waals surface area contributed by atoms with E-state index in [2.05, 4.69) is 25.6 Å². The quantitative estimate of drug-likeness (QED) is 0.425. The van der Waals surface area contributed by atoms with E-state index < -0.39 is 5.91 Å². The molecule has 0 saturated carbocycles. The number of nitrogens with one attached hydrogen (secondary N) is 2. The topological polar surface area (TPSA) is 97.7 Å². The maximum absolute atomic E-state index is 13.2. The van der Waals surface area contributed by atoms with Gasteiger partial charge in [-0.25, -0.2) is 14.1 Å². The van der Waals surface area contributed by atoms with Crippen molar-refractivity contribution in [3.63, 3.8) is 0 Å². The van der Waals surface area contributed by atoms with Crippen LogP contribution in [0.1, 0.15) is 16.2 Å². The van der Waals surface area contributed by atoms with Crippen LogP contribution in [0.5, 0.6) is 11.5 Å². The molecule has 0 aliphatic carbocycles. The number of fused-ring (bicyclic) bond motifs is 1. The fourth-order valence-corrected chi connectivity index (χ4v) is 3.31. The lowest BCUT2D eigenvalue weighted by molar-refractivity contribution is 0.102. The third-order valence-electron chi connectivity index (χ3n) is 4.94. The number of halogens is 1. The van der Waals surface area contributed by atoms with Gasteiger partial charge in [-0.05, 0) is 67.6 Å². The number of hydrogen-bond donors (Lipinski definition) is 2. The van der Waals surface area contributed by atoms with Crippen LogP contribution in [-0.2, 0) is 0 Å². The fourth-order valence-electron chi connectivity index (χ4n) is 3.31. The summed E-state index contributed by atoms with van der Waals surface area (Å²) in [6.45, 7) is 1.73. The van der Waals surface area contributed by atoms with Crippen molar-refractivity contribution >= 4 is 22.6 Å². The van der Waals surface area contributed by atoms with Gasteiger partial charge in [0.25, 0.3) is 5.91 Å². The van der Waals surface area contributed by atoms with Crippen LogP contribution >= 0.6 is 0 Å². The number of hydrogen-bond acceptors (Lipinski definition) is 5. The molecule has 0 saturated heterocycles. The predicted molar refractivity (Wildman–Crippen MR) is 117 cm³/mol. The van der Waals surface area contributed by atoms with Crippen LogP contribution in [0, 0.1) is 12.7 Å². The molecule has 2 N–H and O–H groups in total. The van der Waals surface area contributed by atoms with Crippen LogP contribution in [0.2, 0.25) is 0 Å². The van der Waals surface area contributed by atoms with Crippen molar-refractivity contribution in [2.24, 2.45) is 0 Å². The van der Waals surface area contributed by atoms with E-state index >= 15 is 0 Å². The molecule has 8 nitrogen and oxygen atoms in total. The van der Waals surface area contributed by atoms with E-state index in [0.29, 0.717) is 28.6 Å². The summed E-state index contributed by atoms with van der Waals surface area (Å²) in [6, 6.07) is 16.5. The zero-order valence-corrected chi connectivity index (χ0v) is 16.9. The number of benzene rings is 2. The summed E-state index contributed by atoms with van der Waals surface area (Å²) in [4.78, 5) is 20.0. The third kappa shape index (κ3) is 3.67. The van der Waals surface area contributed by atoms with Crippen LogP contribution in [0.15, 0.2) is 73.1 Å². The summed E-state index contributed by atoms with van der Waals surface area (Å²) in [5.41, 5.74) is 2.67. The Morgan fingerprint density at radius 2 is 1.84 bits per heavy atom. The first kappa shape index (κ1) is 19.4. The Labute approximate surface area is 181 Å². The largest absolute Gasteiger partial charge is 0.457 e. The van der Waals surface area contributed by atoms with E-state index in [1.807, 2.05) is 6.07 Å². The minimum absolute atomic E-state index is 0.182. The van der Waals surface area contributed by atoms with Gasteiger partial charge in [0.1, 0.15) is 23.0 Å². The maximum atomic E-state index is 13.2. The SMILES string of the molecule is Cc1c(C(=O)Nc2ccc(Oc3ccnc4[nH]ccc34)cc2)nnn1-c1ccc(F)cc1. The number of H-pyrrole nitrogens is 1. The van der Waals surface area contributed by atoms with Crippen molar-refractivity contribution < 1.29 is 13.9 Å². The van der Waals surface area contributed by atoms with E-state index in [1.54, 1.807) is 61.8 Å². The van der Waals surface area contributed by atoms with Crippen molar-refractivity contribution in [3.8, 4) is 17.2 Å². The molecule has 0 radical (unpaired) electrons. The second-order valence-corrected chi connectivity index (χ2v) is 7.04. The van der Waals surface area contributed by atoms with E-state index in [-0.39, 0.29) is 11.5 Å². The van der Waals surface area contributed by atoms with Gasteiger partial charge in [-0.3, -0.25) is 4.79 Å². The summed E-state index contributed by atoms with van der Waals surface area (Å²) < 4.78 is 20.6. The number of nitrogens with zero attached hydrogens (tertiary/aromatic N) is 4. The number of anilines is 1. The van der Waals surface area contributed by atoms with Gasteiger partial charge in [-0.15, -0.1) is 5.10 Å². The van der Waals surface area contributed by atoms with E-state index in [9.17, 15) is 9.18 Å². The normalized spacial score (nSPS) is 10.9. The van der Waals surface area contributed by atoms with Gasteiger partial charge in [-0.1, -0.05) is 5.21 Å². The number of carbonyl (C=O) groups is 1. The molecule has 5 rings (SSSR count). The van der Waals surface area contributed by atoms with Crippen LogP contribution in [0.4, 0.5) is 10.1 Å². The number of ether oxygens (including phenoxy) is 1. The average molecular weight is 428 g/mol. The van der Waals surface area contributed by atoms with Crippen LogP contribution in [-0.4, -0.2) is 30.9 Å².